The number of nitrogens with zero attached hydrogens (tertiary/aromatic N) is 3. The zero-order valence-electron chi connectivity index (χ0n) is 15.5. The molecule has 0 atom stereocenters. The first-order chi connectivity index (χ1) is 14.3. The van der Waals surface area contributed by atoms with Crippen LogP contribution in [0.15, 0.2) is 54.9 Å². The van der Waals surface area contributed by atoms with Crippen molar-refractivity contribution in [2.24, 2.45) is 0 Å². The Bertz CT molecular complexity index is 1120. The minimum atomic E-state index is -0.912. The summed E-state index contributed by atoms with van der Waals surface area (Å²) in [6.45, 7) is 1.69. The SMILES string of the molecule is Cc1cc(NC(=O)NC(=O)c2ccccc2[N+](=O)[O-])ccc1Oc1ncc(F)cn1. The van der Waals surface area contributed by atoms with Gasteiger partial charge in [-0.15, -0.1) is 0 Å². The monoisotopic (exact) mass is 411 g/mol. The minimum Gasteiger partial charge on any atom is -0.424 e. The highest BCUT2D eigenvalue weighted by atomic mass is 19.1. The number of benzene rings is 2. The molecule has 10 nitrogen and oxygen atoms in total. The van der Waals surface area contributed by atoms with Crippen LogP contribution in [0.25, 0.3) is 0 Å². The van der Waals surface area contributed by atoms with Crippen molar-refractivity contribution < 1.29 is 23.6 Å². The van der Waals surface area contributed by atoms with E-state index in [0.717, 1.165) is 12.4 Å². The first-order valence-electron chi connectivity index (χ1n) is 8.45. The lowest BCUT2D eigenvalue weighted by Crippen LogP contribution is -2.34. The van der Waals surface area contributed by atoms with E-state index in [-0.39, 0.29) is 11.6 Å². The van der Waals surface area contributed by atoms with Crippen LogP contribution in [0.3, 0.4) is 0 Å². The Balaban J connectivity index is 1.65. The summed E-state index contributed by atoms with van der Waals surface area (Å²) in [5, 5.41) is 15.5. The van der Waals surface area contributed by atoms with Gasteiger partial charge in [0.15, 0.2) is 5.82 Å². The number of para-hydroxylation sites is 1. The smallest absolute Gasteiger partial charge is 0.326 e. The molecule has 1 aromatic heterocycles. The maximum Gasteiger partial charge on any atom is 0.326 e. The Morgan fingerprint density at radius 3 is 2.50 bits per heavy atom. The van der Waals surface area contributed by atoms with Crippen LogP contribution >= 0.6 is 0 Å². The lowest BCUT2D eigenvalue weighted by atomic mass is 10.1. The van der Waals surface area contributed by atoms with Crippen LogP contribution in [-0.2, 0) is 0 Å². The standard InChI is InChI=1S/C19H14FN5O5/c1-11-8-13(6-7-16(11)30-19-21-9-12(20)10-22-19)23-18(27)24-17(26)14-4-2-3-5-15(14)25(28)29/h2-10H,1H3,(H2,23,24,26,27). The number of rotatable bonds is 5. The lowest BCUT2D eigenvalue weighted by Gasteiger charge is -2.10. The topological polar surface area (TPSA) is 136 Å². The molecule has 3 rings (SSSR count). The summed E-state index contributed by atoms with van der Waals surface area (Å²) in [6, 6.07) is 8.96. The van der Waals surface area contributed by atoms with Crippen molar-refractivity contribution in [3.8, 4) is 11.8 Å². The van der Waals surface area contributed by atoms with E-state index in [0.29, 0.717) is 17.0 Å². The van der Waals surface area contributed by atoms with E-state index in [9.17, 15) is 24.1 Å². The van der Waals surface area contributed by atoms with E-state index in [1.165, 1.54) is 36.4 Å². The van der Waals surface area contributed by atoms with Crippen LogP contribution in [0, 0.1) is 22.9 Å². The lowest BCUT2D eigenvalue weighted by molar-refractivity contribution is -0.385. The highest BCUT2D eigenvalue weighted by Crippen LogP contribution is 2.25. The molecular formula is C19H14FN5O5. The highest BCUT2D eigenvalue weighted by Gasteiger charge is 2.21. The molecule has 11 heteroatoms. The Morgan fingerprint density at radius 2 is 1.83 bits per heavy atom. The normalized spacial score (nSPS) is 10.2. The molecule has 0 fully saturated rings. The number of nitro benzene ring substituents is 1. The first-order valence-corrected chi connectivity index (χ1v) is 8.45. The van der Waals surface area contributed by atoms with Gasteiger partial charge in [0.25, 0.3) is 11.6 Å². The molecule has 1 heterocycles. The highest BCUT2D eigenvalue weighted by molar-refractivity contribution is 6.09. The maximum absolute atomic E-state index is 12.9. The zero-order chi connectivity index (χ0) is 21.7. The van der Waals surface area contributed by atoms with Crippen LogP contribution in [0.1, 0.15) is 15.9 Å². The maximum atomic E-state index is 12.9. The van der Waals surface area contributed by atoms with Gasteiger partial charge in [-0.05, 0) is 36.8 Å². The fraction of sp³-hybridized carbons (Fsp3) is 0.0526. The van der Waals surface area contributed by atoms with Gasteiger partial charge >= 0.3 is 12.0 Å². The van der Waals surface area contributed by atoms with Crippen molar-refractivity contribution in [1.29, 1.82) is 0 Å². The van der Waals surface area contributed by atoms with Gasteiger partial charge in [-0.2, -0.15) is 0 Å². The number of hydrogen-bond donors (Lipinski definition) is 2. The first kappa shape index (κ1) is 20.3. The average molecular weight is 411 g/mol. The number of aryl methyl sites for hydroxylation is 1. The van der Waals surface area contributed by atoms with Gasteiger partial charge in [-0.3, -0.25) is 20.2 Å². The number of carbonyl (C=O) groups is 2. The molecule has 0 bridgehead atoms. The van der Waals surface area contributed by atoms with Crippen LogP contribution in [-0.4, -0.2) is 26.8 Å². The summed E-state index contributed by atoms with van der Waals surface area (Å²) in [6.07, 6.45) is 1.93. The molecule has 0 spiro atoms. The molecule has 0 radical (unpaired) electrons. The van der Waals surface area contributed by atoms with Crippen LogP contribution in [0.5, 0.6) is 11.8 Å². The minimum absolute atomic E-state index is 0.0481. The Labute approximate surface area is 168 Å². The third kappa shape index (κ3) is 4.90. The second-order valence-corrected chi connectivity index (χ2v) is 5.95. The van der Waals surface area contributed by atoms with Crippen molar-refractivity contribution in [1.82, 2.24) is 15.3 Å². The number of aromatic nitrogens is 2. The second kappa shape index (κ2) is 8.73. The number of nitro groups is 1. The number of imide groups is 1. The van der Waals surface area contributed by atoms with E-state index < -0.39 is 28.4 Å². The van der Waals surface area contributed by atoms with Crippen molar-refractivity contribution in [3.63, 3.8) is 0 Å². The molecule has 30 heavy (non-hydrogen) atoms. The van der Waals surface area contributed by atoms with Crippen molar-refractivity contribution in [2.75, 3.05) is 5.32 Å². The number of amides is 3. The summed E-state index contributed by atoms with van der Waals surface area (Å²) < 4.78 is 18.3. The van der Waals surface area contributed by atoms with Crippen LogP contribution in [0.2, 0.25) is 0 Å². The third-order valence-electron chi connectivity index (χ3n) is 3.80. The Kier molecular flexibility index (Phi) is 5.92. The quantitative estimate of drug-likeness (QED) is 0.483. The fourth-order valence-electron chi connectivity index (χ4n) is 2.45. The summed E-state index contributed by atoms with van der Waals surface area (Å²) in [5.74, 6) is -1.13. The van der Waals surface area contributed by atoms with Gasteiger partial charge < -0.3 is 10.1 Å². The molecule has 3 aromatic rings. The molecule has 0 saturated carbocycles. The molecule has 152 valence electrons. The molecule has 0 unspecified atom stereocenters. The van der Waals surface area contributed by atoms with E-state index in [2.05, 4.69) is 15.3 Å². The van der Waals surface area contributed by atoms with Gasteiger partial charge in [-0.1, -0.05) is 12.1 Å². The molecule has 3 amide bonds. The number of urea groups is 1. The fourth-order valence-corrected chi connectivity index (χ4v) is 2.45. The van der Waals surface area contributed by atoms with Crippen molar-refractivity contribution >= 4 is 23.3 Å². The zero-order valence-corrected chi connectivity index (χ0v) is 15.5. The molecule has 0 aliphatic heterocycles. The molecule has 0 aliphatic carbocycles. The predicted octanol–water partition coefficient (Wildman–Crippen LogP) is 3.59. The number of anilines is 1. The van der Waals surface area contributed by atoms with Gasteiger partial charge in [0.05, 0.1) is 17.3 Å². The number of nitrogens with one attached hydrogen (secondary N) is 2. The number of ether oxygens (including phenoxy) is 1. The largest absolute Gasteiger partial charge is 0.424 e. The summed E-state index contributed by atoms with van der Waals surface area (Å²) >= 11 is 0. The molecule has 0 aliphatic rings. The van der Waals surface area contributed by atoms with E-state index >= 15 is 0 Å². The van der Waals surface area contributed by atoms with Gasteiger partial charge in [0.1, 0.15) is 11.3 Å². The van der Waals surface area contributed by atoms with Crippen LogP contribution < -0.4 is 15.4 Å². The molecule has 2 aromatic carbocycles. The van der Waals surface area contributed by atoms with Gasteiger partial charge in [0, 0.05) is 11.8 Å². The van der Waals surface area contributed by atoms with Crippen molar-refractivity contribution in [2.45, 2.75) is 6.92 Å². The number of carbonyl (C=O) groups excluding carboxylic acids is 2. The van der Waals surface area contributed by atoms with E-state index in [1.807, 2.05) is 5.32 Å². The summed E-state index contributed by atoms with van der Waals surface area (Å²) in [4.78, 5) is 42.0. The predicted molar refractivity (Wildman–Crippen MR) is 103 cm³/mol. The Morgan fingerprint density at radius 1 is 1.13 bits per heavy atom. The molecule has 0 saturated heterocycles. The molecular weight excluding hydrogens is 397 g/mol. The summed E-state index contributed by atoms with van der Waals surface area (Å²) in [5.41, 5.74) is 0.290. The van der Waals surface area contributed by atoms with Crippen molar-refractivity contribution in [3.05, 3.63) is 81.9 Å². The average Bonchev–Trinajstić information content (AvgIpc) is 2.71. The van der Waals surface area contributed by atoms with Crippen LogP contribution in [0.4, 0.5) is 20.6 Å². The number of hydrogen-bond acceptors (Lipinski definition) is 7. The third-order valence-corrected chi connectivity index (χ3v) is 3.80. The van der Waals surface area contributed by atoms with E-state index in [1.54, 1.807) is 13.0 Å². The summed E-state index contributed by atoms with van der Waals surface area (Å²) in [7, 11) is 0. The molecule has 2 N–H and O–H groups in total. The number of halogens is 1. The Hall–Kier alpha value is -4.41. The van der Waals surface area contributed by atoms with Gasteiger partial charge in [0.2, 0.25) is 0 Å². The van der Waals surface area contributed by atoms with E-state index in [4.69, 9.17) is 4.74 Å². The second-order valence-electron chi connectivity index (χ2n) is 5.95. The van der Waals surface area contributed by atoms with Gasteiger partial charge in [-0.25, -0.2) is 19.2 Å².